The fourth-order valence-electron chi connectivity index (χ4n) is 2.05. The molecule has 2 N–H and O–H groups in total. The number of amides is 1. The first-order chi connectivity index (χ1) is 9.70. The standard InChI is InChI=1S/C14H20ClN3OS/c1-2-7-16-12-4-3-11(15)13(18-12)14(19)17-10-5-8-20-9-6-10/h3-4,10H,2,5-9H2,1H3,(H,16,18)(H,17,19). The van der Waals surface area contributed by atoms with Crippen molar-refractivity contribution in [2.75, 3.05) is 23.4 Å². The van der Waals surface area contributed by atoms with Crippen LogP contribution < -0.4 is 10.6 Å². The zero-order chi connectivity index (χ0) is 14.4. The van der Waals surface area contributed by atoms with Crippen LogP contribution in [0.2, 0.25) is 5.02 Å². The highest BCUT2D eigenvalue weighted by atomic mass is 35.5. The Kier molecular flexibility index (Phi) is 5.98. The molecule has 1 aliphatic rings. The highest BCUT2D eigenvalue weighted by molar-refractivity contribution is 7.99. The maximum atomic E-state index is 12.3. The summed E-state index contributed by atoms with van der Waals surface area (Å²) in [6.07, 6.45) is 3.04. The summed E-state index contributed by atoms with van der Waals surface area (Å²) in [4.78, 5) is 16.6. The van der Waals surface area contributed by atoms with Gasteiger partial charge >= 0.3 is 0 Å². The number of nitrogens with zero attached hydrogens (tertiary/aromatic N) is 1. The second-order valence-electron chi connectivity index (χ2n) is 4.81. The molecule has 110 valence electrons. The number of hydrogen-bond acceptors (Lipinski definition) is 4. The molecular weight excluding hydrogens is 294 g/mol. The van der Waals surface area contributed by atoms with Gasteiger partial charge in [0.05, 0.1) is 5.02 Å². The molecule has 0 radical (unpaired) electrons. The number of thioether (sulfide) groups is 1. The number of nitrogens with one attached hydrogen (secondary N) is 2. The van der Waals surface area contributed by atoms with E-state index < -0.39 is 0 Å². The first-order valence-corrected chi connectivity index (χ1v) is 8.53. The monoisotopic (exact) mass is 313 g/mol. The first-order valence-electron chi connectivity index (χ1n) is 6.99. The van der Waals surface area contributed by atoms with Gasteiger partial charge in [0.2, 0.25) is 0 Å². The number of hydrogen-bond donors (Lipinski definition) is 2. The van der Waals surface area contributed by atoms with Crippen molar-refractivity contribution < 1.29 is 4.79 Å². The normalized spacial score (nSPS) is 15.9. The molecule has 0 aromatic carbocycles. The van der Waals surface area contributed by atoms with Gasteiger partial charge in [-0.05, 0) is 42.9 Å². The van der Waals surface area contributed by atoms with Gasteiger partial charge in [0.15, 0.2) is 0 Å². The minimum Gasteiger partial charge on any atom is -0.370 e. The van der Waals surface area contributed by atoms with E-state index in [2.05, 4.69) is 22.5 Å². The molecule has 20 heavy (non-hydrogen) atoms. The summed E-state index contributed by atoms with van der Waals surface area (Å²) in [5.41, 5.74) is 0.311. The first kappa shape index (κ1) is 15.4. The van der Waals surface area contributed by atoms with Gasteiger partial charge in [0.25, 0.3) is 5.91 Å². The summed E-state index contributed by atoms with van der Waals surface area (Å²) >= 11 is 8.02. The van der Waals surface area contributed by atoms with E-state index >= 15 is 0 Å². The zero-order valence-electron chi connectivity index (χ0n) is 11.6. The van der Waals surface area contributed by atoms with Crippen LogP contribution in [0.3, 0.4) is 0 Å². The van der Waals surface area contributed by atoms with Crippen LogP contribution in [-0.4, -0.2) is 35.0 Å². The highest BCUT2D eigenvalue weighted by Gasteiger charge is 2.19. The van der Waals surface area contributed by atoms with Gasteiger partial charge in [0, 0.05) is 12.6 Å². The molecule has 1 amide bonds. The van der Waals surface area contributed by atoms with Gasteiger partial charge < -0.3 is 10.6 Å². The van der Waals surface area contributed by atoms with Crippen molar-refractivity contribution >= 4 is 35.1 Å². The van der Waals surface area contributed by atoms with Crippen LogP contribution in [-0.2, 0) is 0 Å². The lowest BCUT2D eigenvalue weighted by Gasteiger charge is -2.22. The topological polar surface area (TPSA) is 54.0 Å². The van der Waals surface area contributed by atoms with E-state index in [1.54, 1.807) is 12.1 Å². The summed E-state index contributed by atoms with van der Waals surface area (Å²) in [5.74, 6) is 2.72. The maximum Gasteiger partial charge on any atom is 0.271 e. The molecule has 1 aromatic heterocycles. The molecule has 0 saturated carbocycles. The molecule has 1 aromatic rings. The van der Waals surface area contributed by atoms with E-state index in [-0.39, 0.29) is 11.9 Å². The van der Waals surface area contributed by atoms with Crippen LogP contribution in [0.25, 0.3) is 0 Å². The minimum atomic E-state index is -0.174. The predicted molar refractivity (Wildman–Crippen MR) is 85.8 cm³/mol. The van der Waals surface area contributed by atoms with Gasteiger partial charge in [-0.2, -0.15) is 11.8 Å². The second kappa shape index (κ2) is 7.74. The Labute approximate surface area is 129 Å². The lowest BCUT2D eigenvalue weighted by atomic mass is 10.1. The molecule has 1 fully saturated rings. The lowest BCUT2D eigenvalue weighted by Crippen LogP contribution is -2.37. The zero-order valence-corrected chi connectivity index (χ0v) is 13.2. The summed E-state index contributed by atoms with van der Waals surface area (Å²) < 4.78 is 0. The van der Waals surface area contributed by atoms with Crippen molar-refractivity contribution in [1.29, 1.82) is 0 Å². The van der Waals surface area contributed by atoms with Crippen LogP contribution in [0.15, 0.2) is 12.1 Å². The van der Waals surface area contributed by atoms with Crippen LogP contribution >= 0.6 is 23.4 Å². The number of rotatable bonds is 5. The van der Waals surface area contributed by atoms with Crippen LogP contribution in [0.1, 0.15) is 36.7 Å². The summed E-state index contributed by atoms with van der Waals surface area (Å²) in [6, 6.07) is 3.76. The van der Waals surface area contributed by atoms with E-state index in [9.17, 15) is 4.79 Å². The van der Waals surface area contributed by atoms with Gasteiger partial charge in [-0.1, -0.05) is 18.5 Å². The van der Waals surface area contributed by atoms with Gasteiger partial charge in [-0.3, -0.25) is 4.79 Å². The molecule has 0 bridgehead atoms. The molecule has 6 heteroatoms. The average molecular weight is 314 g/mol. The molecule has 0 spiro atoms. The van der Waals surface area contributed by atoms with E-state index in [0.29, 0.717) is 16.5 Å². The molecule has 2 heterocycles. The Balaban J connectivity index is 2.03. The lowest BCUT2D eigenvalue weighted by molar-refractivity contribution is 0.0930. The Morgan fingerprint density at radius 3 is 2.90 bits per heavy atom. The van der Waals surface area contributed by atoms with Crippen LogP contribution in [0.5, 0.6) is 0 Å². The number of anilines is 1. The molecule has 0 atom stereocenters. The Bertz CT molecular complexity index is 464. The summed E-state index contributed by atoms with van der Waals surface area (Å²) in [7, 11) is 0. The molecule has 2 rings (SSSR count). The van der Waals surface area contributed by atoms with Crippen LogP contribution in [0.4, 0.5) is 5.82 Å². The van der Waals surface area contributed by atoms with Gasteiger partial charge in [0.1, 0.15) is 11.5 Å². The number of halogens is 1. The average Bonchev–Trinajstić information content (AvgIpc) is 2.47. The smallest absolute Gasteiger partial charge is 0.271 e. The third-order valence-corrected chi connectivity index (χ3v) is 4.53. The third-order valence-electron chi connectivity index (χ3n) is 3.17. The molecular formula is C14H20ClN3OS. The van der Waals surface area contributed by atoms with Crippen molar-refractivity contribution in [3.63, 3.8) is 0 Å². The van der Waals surface area contributed by atoms with Crippen LogP contribution in [0, 0.1) is 0 Å². The molecule has 0 aliphatic carbocycles. The fraction of sp³-hybridized carbons (Fsp3) is 0.571. The molecule has 0 unspecified atom stereocenters. The Morgan fingerprint density at radius 1 is 1.45 bits per heavy atom. The number of pyridine rings is 1. The van der Waals surface area contributed by atoms with Gasteiger partial charge in [-0.25, -0.2) is 4.98 Å². The largest absolute Gasteiger partial charge is 0.370 e. The maximum absolute atomic E-state index is 12.3. The van der Waals surface area contributed by atoms with Crippen molar-refractivity contribution in [3.8, 4) is 0 Å². The quantitative estimate of drug-likeness (QED) is 0.876. The summed E-state index contributed by atoms with van der Waals surface area (Å²) in [5, 5.41) is 6.60. The van der Waals surface area contributed by atoms with E-state index in [1.165, 1.54) is 0 Å². The van der Waals surface area contributed by atoms with E-state index in [4.69, 9.17) is 11.6 Å². The van der Waals surface area contributed by atoms with E-state index in [1.807, 2.05) is 11.8 Å². The predicted octanol–water partition coefficient (Wildman–Crippen LogP) is 3.18. The van der Waals surface area contributed by atoms with Crippen molar-refractivity contribution in [2.45, 2.75) is 32.2 Å². The summed E-state index contributed by atoms with van der Waals surface area (Å²) in [6.45, 7) is 2.91. The SMILES string of the molecule is CCCNc1ccc(Cl)c(C(=O)NC2CCSCC2)n1. The van der Waals surface area contributed by atoms with Crippen molar-refractivity contribution in [1.82, 2.24) is 10.3 Å². The number of carbonyl (C=O) groups excluding carboxylic acids is 1. The van der Waals surface area contributed by atoms with Crippen molar-refractivity contribution in [3.05, 3.63) is 22.8 Å². The minimum absolute atomic E-state index is 0.174. The number of carbonyl (C=O) groups is 1. The third kappa shape index (κ3) is 4.28. The highest BCUT2D eigenvalue weighted by Crippen LogP contribution is 2.20. The molecule has 4 nitrogen and oxygen atoms in total. The Hall–Kier alpha value is -0.940. The van der Waals surface area contributed by atoms with Crippen molar-refractivity contribution in [2.24, 2.45) is 0 Å². The second-order valence-corrected chi connectivity index (χ2v) is 6.45. The fourth-order valence-corrected chi connectivity index (χ4v) is 3.35. The molecule has 1 aliphatic heterocycles. The Morgan fingerprint density at radius 2 is 2.20 bits per heavy atom. The van der Waals surface area contributed by atoms with E-state index in [0.717, 1.165) is 37.3 Å². The molecule has 1 saturated heterocycles. The van der Waals surface area contributed by atoms with Gasteiger partial charge in [-0.15, -0.1) is 0 Å². The number of aromatic nitrogens is 1.